The van der Waals surface area contributed by atoms with Crippen molar-refractivity contribution in [3.8, 4) is 5.75 Å². The Morgan fingerprint density at radius 1 is 1.58 bits per heavy atom. The van der Waals surface area contributed by atoms with E-state index in [9.17, 15) is 5.11 Å². The molecule has 2 nitrogen and oxygen atoms in total. The lowest BCUT2D eigenvalue weighted by Crippen LogP contribution is -2.22. The Bertz CT molecular complexity index is 320. The van der Waals surface area contributed by atoms with E-state index in [0.29, 0.717) is 6.61 Å². The third kappa shape index (κ3) is 1.13. The second-order valence-electron chi connectivity index (χ2n) is 3.20. The van der Waals surface area contributed by atoms with Crippen LogP contribution < -0.4 is 4.74 Å². The molecule has 1 atom stereocenters. The molecule has 2 rings (SSSR count). The Labute approximate surface area is 79.3 Å². The molecule has 0 amide bonds. The van der Waals surface area contributed by atoms with Crippen LogP contribution in [0.15, 0.2) is 22.7 Å². The third-order valence-electron chi connectivity index (χ3n) is 2.03. The predicted octanol–water partition coefficient (Wildman–Crippen LogP) is 2.05. The molecule has 64 valence electrons. The molecule has 0 fully saturated rings. The van der Waals surface area contributed by atoms with Crippen molar-refractivity contribution in [3.05, 3.63) is 28.2 Å². The van der Waals surface area contributed by atoms with Gasteiger partial charge in [-0.25, -0.2) is 0 Å². The monoisotopic (exact) mass is 228 g/mol. The Hall–Kier alpha value is -0.540. The summed E-state index contributed by atoms with van der Waals surface area (Å²) in [6.45, 7) is 2.10. The van der Waals surface area contributed by atoms with Gasteiger partial charge in [-0.3, -0.25) is 0 Å². The molecular formula is C9H9BrO2. The van der Waals surface area contributed by atoms with E-state index in [1.807, 2.05) is 18.2 Å². The molecule has 0 spiro atoms. The van der Waals surface area contributed by atoms with E-state index in [-0.39, 0.29) is 0 Å². The second kappa shape index (κ2) is 2.47. The van der Waals surface area contributed by atoms with Crippen molar-refractivity contribution in [3.63, 3.8) is 0 Å². The number of ether oxygens (including phenoxy) is 1. The molecule has 1 aliphatic heterocycles. The summed E-state index contributed by atoms with van der Waals surface area (Å²) in [6, 6.07) is 5.66. The van der Waals surface area contributed by atoms with Gasteiger partial charge >= 0.3 is 0 Å². The molecule has 1 aliphatic rings. The van der Waals surface area contributed by atoms with Crippen molar-refractivity contribution in [2.75, 3.05) is 6.61 Å². The Kier molecular flexibility index (Phi) is 1.66. The van der Waals surface area contributed by atoms with Crippen LogP contribution in [0.5, 0.6) is 5.75 Å². The maximum atomic E-state index is 9.83. The number of halogens is 1. The molecule has 1 N–H and O–H groups in total. The van der Waals surface area contributed by atoms with Gasteiger partial charge in [-0.05, 0) is 25.1 Å². The predicted molar refractivity (Wildman–Crippen MR) is 49.2 cm³/mol. The van der Waals surface area contributed by atoms with Crippen LogP contribution in [0.2, 0.25) is 0 Å². The fourth-order valence-electron chi connectivity index (χ4n) is 1.34. The summed E-state index contributed by atoms with van der Waals surface area (Å²) in [5.74, 6) is 0.781. The zero-order chi connectivity index (χ0) is 8.77. The maximum Gasteiger partial charge on any atom is 0.125 e. The van der Waals surface area contributed by atoms with Gasteiger partial charge in [-0.15, -0.1) is 0 Å². The summed E-state index contributed by atoms with van der Waals surface area (Å²) in [5.41, 5.74) is 0.0240. The number of aliphatic hydroxyl groups is 1. The molecule has 1 aromatic rings. The average Bonchev–Trinajstić information content (AvgIpc) is 2.28. The minimum atomic E-state index is -0.834. The van der Waals surface area contributed by atoms with E-state index in [2.05, 4.69) is 15.9 Å². The van der Waals surface area contributed by atoms with E-state index < -0.39 is 5.60 Å². The van der Waals surface area contributed by atoms with Crippen LogP contribution in [-0.2, 0) is 5.60 Å². The van der Waals surface area contributed by atoms with Gasteiger partial charge in [0.25, 0.3) is 0 Å². The molecular weight excluding hydrogens is 220 g/mol. The quantitative estimate of drug-likeness (QED) is 0.737. The molecule has 0 radical (unpaired) electrons. The summed E-state index contributed by atoms with van der Waals surface area (Å²) in [6.07, 6.45) is 0. The molecule has 0 saturated heterocycles. The molecule has 0 aromatic heterocycles. The van der Waals surface area contributed by atoms with Crippen molar-refractivity contribution >= 4 is 15.9 Å². The van der Waals surface area contributed by atoms with Crippen molar-refractivity contribution < 1.29 is 9.84 Å². The SMILES string of the molecule is CC1(O)COc2ccc(Br)cc21. The summed E-state index contributed by atoms with van der Waals surface area (Å²) < 4.78 is 6.26. The highest BCUT2D eigenvalue weighted by molar-refractivity contribution is 9.10. The van der Waals surface area contributed by atoms with Crippen molar-refractivity contribution in [2.24, 2.45) is 0 Å². The molecule has 1 unspecified atom stereocenters. The van der Waals surface area contributed by atoms with Gasteiger partial charge in [-0.1, -0.05) is 15.9 Å². The average molecular weight is 229 g/mol. The van der Waals surface area contributed by atoms with Gasteiger partial charge < -0.3 is 9.84 Å². The Morgan fingerprint density at radius 3 is 3.08 bits per heavy atom. The van der Waals surface area contributed by atoms with Gasteiger partial charge in [0, 0.05) is 10.0 Å². The minimum Gasteiger partial charge on any atom is -0.490 e. The molecule has 1 heterocycles. The van der Waals surface area contributed by atoms with Gasteiger partial charge in [0.15, 0.2) is 0 Å². The number of hydrogen-bond donors (Lipinski definition) is 1. The highest BCUT2D eigenvalue weighted by Crippen LogP contribution is 2.37. The van der Waals surface area contributed by atoms with Gasteiger partial charge in [0.1, 0.15) is 18.0 Å². The first-order valence-corrected chi connectivity index (χ1v) is 4.54. The van der Waals surface area contributed by atoms with Gasteiger partial charge in [-0.2, -0.15) is 0 Å². The van der Waals surface area contributed by atoms with Crippen LogP contribution in [0.25, 0.3) is 0 Å². The molecule has 12 heavy (non-hydrogen) atoms. The lowest BCUT2D eigenvalue weighted by molar-refractivity contribution is 0.0349. The molecule has 0 saturated carbocycles. The number of fused-ring (bicyclic) bond motifs is 1. The third-order valence-corrected chi connectivity index (χ3v) is 2.52. The summed E-state index contributed by atoms with van der Waals surface area (Å²) in [4.78, 5) is 0. The summed E-state index contributed by atoms with van der Waals surface area (Å²) in [7, 11) is 0. The molecule has 0 bridgehead atoms. The highest BCUT2D eigenvalue weighted by atomic mass is 79.9. The van der Waals surface area contributed by atoms with Gasteiger partial charge in [0.2, 0.25) is 0 Å². The maximum absolute atomic E-state index is 9.83. The first-order valence-electron chi connectivity index (χ1n) is 3.75. The number of benzene rings is 1. The Balaban J connectivity index is 2.57. The fraction of sp³-hybridized carbons (Fsp3) is 0.333. The van der Waals surface area contributed by atoms with Crippen LogP contribution in [0, 0.1) is 0 Å². The summed E-state index contributed by atoms with van der Waals surface area (Å²) in [5, 5.41) is 9.83. The highest BCUT2D eigenvalue weighted by Gasteiger charge is 2.33. The van der Waals surface area contributed by atoms with Crippen LogP contribution >= 0.6 is 15.9 Å². The minimum absolute atomic E-state index is 0.346. The fourth-order valence-corrected chi connectivity index (χ4v) is 1.71. The standard InChI is InChI=1S/C9H9BrO2/c1-9(11)5-12-8-3-2-6(10)4-7(8)9/h2-4,11H,5H2,1H3. The van der Waals surface area contributed by atoms with Crippen molar-refractivity contribution in [1.29, 1.82) is 0 Å². The first kappa shape index (κ1) is 8.08. The lowest BCUT2D eigenvalue weighted by atomic mass is 9.99. The van der Waals surface area contributed by atoms with E-state index in [4.69, 9.17) is 4.74 Å². The normalized spacial score (nSPS) is 26.6. The molecule has 1 aromatic carbocycles. The number of hydrogen-bond acceptors (Lipinski definition) is 2. The largest absolute Gasteiger partial charge is 0.490 e. The summed E-state index contributed by atoms with van der Waals surface area (Å²) >= 11 is 3.35. The van der Waals surface area contributed by atoms with Crippen LogP contribution in [0.1, 0.15) is 12.5 Å². The smallest absolute Gasteiger partial charge is 0.125 e. The van der Waals surface area contributed by atoms with E-state index >= 15 is 0 Å². The van der Waals surface area contributed by atoms with Crippen molar-refractivity contribution in [1.82, 2.24) is 0 Å². The van der Waals surface area contributed by atoms with Crippen molar-refractivity contribution in [2.45, 2.75) is 12.5 Å². The van der Waals surface area contributed by atoms with Crippen LogP contribution in [-0.4, -0.2) is 11.7 Å². The number of rotatable bonds is 0. The van der Waals surface area contributed by atoms with E-state index in [1.165, 1.54) is 0 Å². The Morgan fingerprint density at radius 2 is 2.33 bits per heavy atom. The van der Waals surface area contributed by atoms with Gasteiger partial charge in [0.05, 0.1) is 0 Å². The zero-order valence-electron chi connectivity index (χ0n) is 6.67. The second-order valence-corrected chi connectivity index (χ2v) is 4.12. The topological polar surface area (TPSA) is 29.5 Å². The molecule has 0 aliphatic carbocycles. The van der Waals surface area contributed by atoms with Crippen LogP contribution in [0.3, 0.4) is 0 Å². The van der Waals surface area contributed by atoms with E-state index in [0.717, 1.165) is 15.8 Å². The molecule has 3 heteroatoms. The zero-order valence-corrected chi connectivity index (χ0v) is 8.26. The van der Waals surface area contributed by atoms with Crippen LogP contribution in [0.4, 0.5) is 0 Å². The lowest BCUT2D eigenvalue weighted by Gasteiger charge is -2.13. The van der Waals surface area contributed by atoms with E-state index in [1.54, 1.807) is 6.92 Å². The first-order chi connectivity index (χ1) is 5.59.